The fourth-order valence-corrected chi connectivity index (χ4v) is 6.06. The van der Waals surface area contributed by atoms with E-state index < -0.39 is 9.84 Å². The Balaban J connectivity index is 1.52. The quantitative estimate of drug-likeness (QED) is 0.925. The summed E-state index contributed by atoms with van der Waals surface area (Å²) < 4.78 is 23.0. The number of rotatable bonds is 3. The number of benzene rings is 1. The average Bonchev–Trinajstić information content (AvgIpc) is 2.44. The number of carbonyl (C=O) groups is 1. The van der Waals surface area contributed by atoms with Gasteiger partial charge in [0.15, 0.2) is 9.84 Å². The average molecular weight is 333 g/mol. The summed E-state index contributed by atoms with van der Waals surface area (Å²) in [5.74, 6) is 2.30. The van der Waals surface area contributed by atoms with Crippen molar-refractivity contribution in [1.82, 2.24) is 5.32 Å². The third-order valence-electron chi connectivity index (χ3n) is 5.96. The van der Waals surface area contributed by atoms with Gasteiger partial charge in [-0.15, -0.1) is 0 Å². The van der Waals surface area contributed by atoms with Crippen molar-refractivity contribution in [3.05, 3.63) is 29.8 Å². The number of amides is 1. The second-order valence-electron chi connectivity index (χ2n) is 7.95. The van der Waals surface area contributed by atoms with Gasteiger partial charge in [0.25, 0.3) is 5.91 Å². The van der Waals surface area contributed by atoms with Crippen molar-refractivity contribution in [2.75, 3.05) is 6.26 Å². The molecule has 4 nitrogen and oxygen atoms in total. The summed E-state index contributed by atoms with van der Waals surface area (Å²) in [4.78, 5) is 12.9. The highest BCUT2D eigenvalue weighted by Gasteiger charge is 2.51. The van der Waals surface area contributed by atoms with Crippen molar-refractivity contribution in [3.8, 4) is 0 Å². The maximum absolute atomic E-state index is 12.6. The van der Waals surface area contributed by atoms with E-state index in [0.29, 0.717) is 5.56 Å². The van der Waals surface area contributed by atoms with E-state index in [-0.39, 0.29) is 16.3 Å². The van der Waals surface area contributed by atoms with Crippen molar-refractivity contribution >= 4 is 15.7 Å². The van der Waals surface area contributed by atoms with E-state index in [1.165, 1.54) is 37.7 Å². The number of carbonyl (C=O) groups excluding carboxylic acids is 1. The van der Waals surface area contributed by atoms with E-state index in [1.54, 1.807) is 12.1 Å². The first-order valence-corrected chi connectivity index (χ1v) is 10.3. The summed E-state index contributed by atoms with van der Waals surface area (Å²) in [5, 5.41) is 3.31. The second kappa shape index (κ2) is 5.07. The lowest BCUT2D eigenvalue weighted by atomic mass is 9.53. The van der Waals surface area contributed by atoms with Crippen LogP contribution in [0.4, 0.5) is 0 Å². The monoisotopic (exact) mass is 333 g/mol. The number of nitrogens with one attached hydrogen (secondary N) is 1. The molecular formula is C18H23NO3S. The lowest BCUT2D eigenvalue weighted by molar-refractivity contribution is -0.0167. The van der Waals surface area contributed by atoms with Gasteiger partial charge in [-0.05, 0) is 80.5 Å². The van der Waals surface area contributed by atoms with Gasteiger partial charge in [-0.2, -0.15) is 0 Å². The highest BCUT2D eigenvalue weighted by Crippen LogP contribution is 2.55. The van der Waals surface area contributed by atoms with Gasteiger partial charge >= 0.3 is 0 Å². The van der Waals surface area contributed by atoms with Gasteiger partial charge in [-0.1, -0.05) is 0 Å². The smallest absolute Gasteiger partial charge is 0.251 e. The fraction of sp³-hybridized carbons (Fsp3) is 0.611. The minimum Gasteiger partial charge on any atom is -0.347 e. The second-order valence-corrected chi connectivity index (χ2v) is 9.96. The molecule has 0 spiro atoms. The van der Waals surface area contributed by atoms with Crippen LogP contribution in [0.3, 0.4) is 0 Å². The van der Waals surface area contributed by atoms with Gasteiger partial charge in [-0.25, -0.2) is 8.42 Å². The minimum atomic E-state index is -3.22. The van der Waals surface area contributed by atoms with Gasteiger partial charge in [-0.3, -0.25) is 4.79 Å². The number of hydrogen-bond acceptors (Lipinski definition) is 3. The van der Waals surface area contributed by atoms with Crippen molar-refractivity contribution < 1.29 is 13.2 Å². The molecule has 0 saturated heterocycles. The molecule has 5 heteroatoms. The first-order valence-electron chi connectivity index (χ1n) is 8.46. The van der Waals surface area contributed by atoms with Crippen molar-refractivity contribution in [2.24, 2.45) is 17.8 Å². The Hall–Kier alpha value is -1.36. The zero-order valence-electron chi connectivity index (χ0n) is 13.4. The van der Waals surface area contributed by atoms with Crippen LogP contribution in [0.15, 0.2) is 29.2 Å². The van der Waals surface area contributed by atoms with E-state index >= 15 is 0 Å². The Morgan fingerprint density at radius 2 is 1.48 bits per heavy atom. The summed E-state index contributed by atoms with van der Waals surface area (Å²) in [7, 11) is -3.22. The Morgan fingerprint density at radius 3 is 1.91 bits per heavy atom. The van der Waals surface area contributed by atoms with Crippen molar-refractivity contribution in [2.45, 2.75) is 49.0 Å². The minimum absolute atomic E-state index is 0.0126. The van der Waals surface area contributed by atoms with Crippen LogP contribution in [0, 0.1) is 17.8 Å². The zero-order chi connectivity index (χ0) is 16.2. The SMILES string of the molecule is CS(=O)(=O)c1ccc(C(=O)NC23CC4CC(CC(C4)C2)C3)cc1. The molecular weight excluding hydrogens is 310 g/mol. The van der Waals surface area contributed by atoms with Gasteiger partial charge in [0, 0.05) is 17.4 Å². The van der Waals surface area contributed by atoms with Gasteiger partial charge in [0.05, 0.1) is 4.90 Å². The van der Waals surface area contributed by atoms with E-state index in [4.69, 9.17) is 0 Å². The largest absolute Gasteiger partial charge is 0.347 e. The molecule has 0 atom stereocenters. The maximum atomic E-state index is 12.6. The molecule has 1 amide bonds. The summed E-state index contributed by atoms with van der Waals surface area (Å²) >= 11 is 0. The first-order chi connectivity index (χ1) is 10.8. The molecule has 4 saturated carbocycles. The van der Waals surface area contributed by atoms with Crippen molar-refractivity contribution in [3.63, 3.8) is 0 Å². The van der Waals surface area contributed by atoms with Gasteiger partial charge < -0.3 is 5.32 Å². The number of sulfone groups is 1. The molecule has 1 aromatic rings. The Labute approximate surface area is 137 Å². The molecule has 0 heterocycles. The van der Waals surface area contributed by atoms with E-state index in [1.807, 2.05) is 0 Å². The highest BCUT2D eigenvalue weighted by atomic mass is 32.2. The van der Waals surface area contributed by atoms with Gasteiger partial charge in [0.2, 0.25) is 0 Å². The topological polar surface area (TPSA) is 63.2 Å². The molecule has 1 aromatic carbocycles. The van der Waals surface area contributed by atoms with E-state index in [9.17, 15) is 13.2 Å². The standard InChI is InChI=1S/C18H23NO3S/c1-23(21,22)16-4-2-15(3-5-16)17(20)19-18-9-12-6-13(10-18)8-14(7-12)11-18/h2-5,12-14H,6-11H2,1H3,(H,19,20). The number of hydrogen-bond donors (Lipinski definition) is 1. The summed E-state index contributed by atoms with van der Waals surface area (Å²) in [6.07, 6.45) is 8.57. The zero-order valence-corrected chi connectivity index (χ0v) is 14.2. The molecule has 4 bridgehead atoms. The maximum Gasteiger partial charge on any atom is 0.251 e. The highest BCUT2D eigenvalue weighted by molar-refractivity contribution is 7.90. The molecule has 124 valence electrons. The van der Waals surface area contributed by atoms with E-state index in [2.05, 4.69) is 5.32 Å². The van der Waals surface area contributed by atoms with Crippen LogP contribution in [0.2, 0.25) is 0 Å². The van der Waals surface area contributed by atoms with Crippen LogP contribution in [0.25, 0.3) is 0 Å². The molecule has 0 radical (unpaired) electrons. The molecule has 4 fully saturated rings. The summed E-state index contributed by atoms with van der Waals surface area (Å²) in [6, 6.07) is 6.27. The fourth-order valence-electron chi connectivity index (χ4n) is 5.43. The molecule has 4 aliphatic carbocycles. The Morgan fingerprint density at radius 1 is 1.00 bits per heavy atom. The Kier molecular flexibility index (Phi) is 3.34. The molecule has 0 aliphatic heterocycles. The van der Waals surface area contributed by atoms with Crippen LogP contribution in [-0.4, -0.2) is 26.1 Å². The summed E-state index contributed by atoms with van der Waals surface area (Å²) in [5.41, 5.74) is 0.537. The van der Waals surface area contributed by atoms with Crippen LogP contribution < -0.4 is 5.32 Å². The molecule has 1 N–H and O–H groups in total. The first kappa shape index (κ1) is 15.2. The van der Waals surface area contributed by atoms with Crippen LogP contribution >= 0.6 is 0 Å². The predicted molar refractivity (Wildman–Crippen MR) is 87.9 cm³/mol. The lowest BCUT2D eigenvalue weighted by Gasteiger charge is -2.56. The Bertz CT molecular complexity index is 701. The van der Waals surface area contributed by atoms with Crippen molar-refractivity contribution in [1.29, 1.82) is 0 Å². The van der Waals surface area contributed by atoms with Gasteiger partial charge in [0.1, 0.15) is 0 Å². The molecule has 0 unspecified atom stereocenters. The van der Waals surface area contributed by atoms with Crippen LogP contribution in [0.1, 0.15) is 48.9 Å². The molecule has 23 heavy (non-hydrogen) atoms. The van der Waals surface area contributed by atoms with Crippen LogP contribution in [-0.2, 0) is 9.84 Å². The van der Waals surface area contributed by atoms with E-state index in [0.717, 1.165) is 37.0 Å². The third kappa shape index (κ3) is 2.80. The van der Waals surface area contributed by atoms with Crippen LogP contribution in [0.5, 0.6) is 0 Å². The summed E-state index contributed by atoms with van der Waals surface area (Å²) in [6.45, 7) is 0. The molecule has 0 aromatic heterocycles. The molecule has 4 aliphatic rings. The predicted octanol–water partition coefficient (Wildman–Crippen LogP) is 2.79. The lowest BCUT2D eigenvalue weighted by Crippen LogP contribution is -2.59. The third-order valence-corrected chi connectivity index (χ3v) is 7.09. The normalized spacial score (nSPS) is 35.3. The molecule has 5 rings (SSSR count).